The van der Waals surface area contributed by atoms with E-state index in [0.29, 0.717) is 5.58 Å². The molecule has 0 bridgehead atoms. The van der Waals surface area contributed by atoms with Gasteiger partial charge in [0.1, 0.15) is 17.1 Å². The zero-order valence-electron chi connectivity index (χ0n) is 11.9. The van der Waals surface area contributed by atoms with Gasteiger partial charge >= 0.3 is 0 Å². The SMILES string of the molecule is Oc1cc(-c2ccccc2)cc2oc(-c3ccccc3)cc12. The summed E-state index contributed by atoms with van der Waals surface area (Å²) in [7, 11) is 0. The fourth-order valence-electron chi connectivity index (χ4n) is 2.66. The van der Waals surface area contributed by atoms with Crippen LogP contribution in [0.1, 0.15) is 0 Å². The van der Waals surface area contributed by atoms with E-state index in [4.69, 9.17) is 4.42 Å². The van der Waals surface area contributed by atoms with Crippen LogP contribution in [-0.2, 0) is 0 Å². The molecule has 0 aliphatic rings. The van der Waals surface area contributed by atoms with Gasteiger partial charge in [0.05, 0.1) is 5.39 Å². The molecule has 0 unspecified atom stereocenters. The first-order valence-corrected chi connectivity index (χ1v) is 7.19. The average Bonchev–Trinajstić information content (AvgIpc) is 3.01. The lowest BCUT2D eigenvalue weighted by atomic mass is 10.0. The van der Waals surface area contributed by atoms with E-state index >= 15 is 0 Å². The van der Waals surface area contributed by atoms with Crippen LogP contribution >= 0.6 is 0 Å². The fraction of sp³-hybridized carbons (Fsp3) is 0. The maximum atomic E-state index is 10.3. The van der Waals surface area contributed by atoms with Crippen molar-refractivity contribution in [1.82, 2.24) is 0 Å². The van der Waals surface area contributed by atoms with Crippen molar-refractivity contribution in [3.8, 4) is 28.2 Å². The molecule has 106 valence electrons. The molecule has 22 heavy (non-hydrogen) atoms. The molecule has 0 aliphatic heterocycles. The minimum atomic E-state index is 0.238. The highest BCUT2D eigenvalue weighted by Crippen LogP contribution is 2.36. The first-order chi connectivity index (χ1) is 10.8. The summed E-state index contributed by atoms with van der Waals surface area (Å²) in [6.45, 7) is 0. The molecule has 0 saturated carbocycles. The van der Waals surface area contributed by atoms with Crippen molar-refractivity contribution in [2.75, 3.05) is 0 Å². The number of rotatable bonds is 2. The van der Waals surface area contributed by atoms with Crippen LogP contribution in [0.2, 0.25) is 0 Å². The zero-order chi connectivity index (χ0) is 14.9. The van der Waals surface area contributed by atoms with E-state index in [0.717, 1.165) is 27.8 Å². The topological polar surface area (TPSA) is 33.4 Å². The maximum absolute atomic E-state index is 10.3. The van der Waals surface area contributed by atoms with Crippen LogP contribution in [0.3, 0.4) is 0 Å². The summed E-state index contributed by atoms with van der Waals surface area (Å²) >= 11 is 0. The minimum Gasteiger partial charge on any atom is -0.507 e. The van der Waals surface area contributed by atoms with Gasteiger partial charge in [-0.15, -0.1) is 0 Å². The molecule has 0 fully saturated rings. The number of aromatic hydroxyl groups is 1. The smallest absolute Gasteiger partial charge is 0.139 e. The molecule has 2 nitrogen and oxygen atoms in total. The lowest BCUT2D eigenvalue weighted by Crippen LogP contribution is -1.77. The molecule has 4 aromatic rings. The summed E-state index contributed by atoms with van der Waals surface area (Å²) in [6, 6.07) is 25.5. The molecule has 0 amide bonds. The summed E-state index contributed by atoms with van der Waals surface area (Å²) in [6.07, 6.45) is 0. The lowest BCUT2D eigenvalue weighted by molar-refractivity contribution is 0.481. The van der Waals surface area contributed by atoms with E-state index in [1.54, 1.807) is 6.07 Å². The van der Waals surface area contributed by atoms with Crippen molar-refractivity contribution in [1.29, 1.82) is 0 Å². The third kappa shape index (κ3) is 2.15. The number of phenols is 1. The Bertz CT molecular complexity index is 922. The van der Waals surface area contributed by atoms with Crippen LogP contribution in [0.4, 0.5) is 0 Å². The Morgan fingerprint density at radius 2 is 1.27 bits per heavy atom. The molecule has 1 N–H and O–H groups in total. The predicted octanol–water partition coefficient (Wildman–Crippen LogP) is 5.47. The molecule has 0 radical (unpaired) electrons. The summed E-state index contributed by atoms with van der Waals surface area (Å²) in [5, 5.41) is 11.0. The molecule has 0 aliphatic carbocycles. The van der Waals surface area contributed by atoms with Crippen molar-refractivity contribution in [2.24, 2.45) is 0 Å². The van der Waals surface area contributed by atoms with Crippen LogP contribution in [0.25, 0.3) is 33.4 Å². The maximum Gasteiger partial charge on any atom is 0.139 e. The van der Waals surface area contributed by atoms with E-state index in [1.807, 2.05) is 72.8 Å². The second kappa shape index (κ2) is 5.08. The Labute approximate surface area is 128 Å². The van der Waals surface area contributed by atoms with Crippen LogP contribution in [0, 0.1) is 0 Å². The van der Waals surface area contributed by atoms with Gasteiger partial charge in [-0.25, -0.2) is 0 Å². The molecule has 1 heterocycles. The van der Waals surface area contributed by atoms with Gasteiger partial charge in [0.25, 0.3) is 0 Å². The van der Waals surface area contributed by atoms with E-state index in [1.165, 1.54) is 0 Å². The third-order valence-electron chi connectivity index (χ3n) is 3.78. The first-order valence-electron chi connectivity index (χ1n) is 7.19. The van der Waals surface area contributed by atoms with Crippen LogP contribution in [0.15, 0.2) is 83.3 Å². The second-order valence-corrected chi connectivity index (χ2v) is 5.25. The van der Waals surface area contributed by atoms with Crippen LogP contribution in [0.5, 0.6) is 5.75 Å². The summed E-state index contributed by atoms with van der Waals surface area (Å²) < 4.78 is 5.94. The van der Waals surface area contributed by atoms with Gasteiger partial charge in [0.15, 0.2) is 0 Å². The standard InChI is InChI=1S/C20H14O2/c21-18-11-16(14-7-3-1-4-8-14)12-20-17(18)13-19(22-20)15-9-5-2-6-10-15/h1-13,21H. The second-order valence-electron chi connectivity index (χ2n) is 5.25. The number of furan rings is 1. The molecule has 3 aromatic carbocycles. The Kier molecular flexibility index (Phi) is 2.94. The average molecular weight is 286 g/mol. The molecule has 2 heteroatoms. The highest BCUT2D eigenvalue weighted by molar-refractivity contribution is 5.92. The van der Waals surface area contributed by atoms with Crippen molar-refractivity contribution >= 4 is 11.0 Å². The van der Waals surface area contributed by atoms with Gasteiger partial charge < -0.3 is 9.52 Å². The van der Waals surface area contributed by atoms with Gasteiger partial charge in [-0.1, -0.05) is 60.7 Å². The number of hydrogen-bond donors (Lipinski definition) is 1. The van der Waals surface area contributed by atoms with Gasteiger partial charge in [-0.3, -0.25) is 0 Å². The first kappa shape index (κ1) is 12.7. The largest absolute Gasteiger partial charge is 0.507 e. The number of fused-ring (bicyclic) bond motifs is 1. The monoisotopic (exact) mass is 286 g/mol. The molecule has 0 saturated heterocycles. The molecule has 4 rings (SSSR count). The lowest BCUT2D eigenvalue weighted by Gasteiger charge is -2.02. The molecular formula is C20H14O2. The van der Waals surface area contributed by atoms with Crippen molar-refractivity contribution in [3.63, 3.8) is 0 Å². The Morgan fingerprint density at radius 3 is 1.95 bits per heavy atom. The highest BCUT2D eigenvalue weighted by atomic mass is 16.3. The Hall–Kier alpha value is -3.00. The zero-order valence-corrected chi connectivity index (χ0v) is 11.9. The van der Waals surface area contributed by atoms with Crippen molar-refractivity contribution < 1.29 is 9.52 Å². The molecule has 0 spiro atoms. The highest BCUT2D eigenvalue weighted by Gasteiger charge is 2.11. The predicted molar refractivity (Wildman–Crippen MR) is 88.8 cm³/mol. The number of phenolic OH excluding ortho intramolecular Hbond substituents is 1. The molecular weight excluding hydrogens is 272 g/mol. The molecule has 0 atom stereocenters. The van der Waals surface area contributed by atoms with E-state index in [2.05, 4.69) is 0 Å². The number of benzene rings is 3. The van der Waals surface area contributed by atoms with E-state index in [-0.39, 0.29) is 5.75 Å². The summed E-state index contributed by atoms with van der Waals surface area (Å²) in [5.74, 6) is 0.999. The van der Waals surface area contributed by atoms with E-state index in [9.17, 15) is 5.11 Å². The third-order valence-corrected chi connectivity index (χ3v) is 3.78. The Morgan fingerprint density at radius 1 is 0.636 bits per heavy atom. The van der Waals surface area contributed by atoms with Gasteiger partial charge in [0.2, 0.25) is 0 Å². The quantitative estimate of drug-likeness (QED) is 0.530. The van der Waals surface area contributed by atoms with Gasteiger partial charge in [0, 0.05) is 5.56 Å². The van der Waals surface area contributed by atoms with E-state index < -0.39 is 0 Å². The van der Waals surface area contributed by atoms with Gasteiger partial charge in [-0.2, -0.15) is 0 Å². The van der Waals surface area contributed by atoms with Crippen LogP contribution in [-0.4, -0.2) is 5.11 Å². The van der Waals surface area contributed by atoms with Crippen LogP contribution < -0.4 is 0 Å². The van der Waals surface area contributed by atoms with Gasteiger partial charge in [-0.05, 0) is 29.3 Å². The summed E-state index contributed by atoms with van der Waals surface area (Å²) in [5.41, 5.74) is 3.69. The van der Waals surface area contributed by atoms with Crippen molar-refractivity contribution in [3.05, 3.63) is 78.9 Å². The number of hydrogen-bond acceptors (Lipinski definition) is 2. The van der Waals surface area contributed by atoms with Crippen molar-refractivity contribution in [2.45, 2.75) is 0 Å². The summed E-state index contributed by atoms with van der Waals surface area (Å²) in [4.78, 5) is 0. The minimum absolute atomic E-state index is 0.238. The molecule has 1 aromatic heterocycles. The Balaban J connectivity index is 1.88. The normalized spacial score (nSPS) is 10.9. The fourth-order valence-corrected chi connectivity index (χ4v) is 2.66.